The molecule has 0 aromatic heterocycles. The lowest BCUT2D eigenvalue weighted by Gasteiger charge is -2.29. The van der Waals surface area contributed by atoms with Gasteiger partial charge in [0.15, 0.2) is 18.0 Å². The van der Waals surface area contributed by atoms with Crippen molar-refractivity contribution in [3.8, 4) is 0 Å². The number of carbonyl (C=O) groups excluding carboxylic acids is 4. The van der Waals surface area contributed by atoms with Crippen LogP contribution in [0.25, 0.3) is 0 Å². The number of hydrogen-bond acceptors (Lipinski definition) is 7. The number of amides is 1. The lowest BCUT2D eigenvalue weighted by molar-refractivity contribution is -0.171. The summed E-state index contributed by atoms with van der Waals surface area (Å²) in [6.45, 7) is 6.03. The van der Waals surface area contributed by atoms with E-state index in [1.165, 1.54) is 13.8 Å². The molecule has 9 heteroatoms. The molecule has 1 aromatic rings. The van der Waals surface area contributed by atoms with Crippen LogP contribution in [0.5, 0.6) is 0 Å². The maximum atomic E-state index is 12.8. The van der Waals surface area contributed by atoms with Gasteiger partial charge in [0.05, 0.1) is 0 Å². The third kappa shape index (κ3) is 6.20. The molecule has 1 amide bonds. The molecule has 29 heavy (non-hydrogen) atoms. The van der Waals surface area contributed by atoms with E-state index in [9.17, 15) is 19.2 Å². The molecule has 0 saturated carbocycles. The van der Waals surface area contributed by atoms with Crippen molar-refractivity contribution in [1.82, 2.24) is 5.32 Å². The average molecular weight is 399 g/mol. The van der Waals surface area contributed by atoms with Gasteiger partial charge in [-0.2, -0.15) is 0 Å². The summed E-state index contributed by atoms with van der Waals surface area (Å²) in [4.78, 5) is 48.5. The van der Waals surface area contributed by atoms with Gasteiger partial charge in [0, 0.05) is 5.57 Å². The van der Waals surface area contributed by atoms with Crippen LogP contribution in [-0.4, -0.2) is 56.4 Å². The first kappa shape index (κ1) is 22.2. The smallest absolute Gasteiger partial charge is 0.333 e. The summed E-state index contributed by atoms with van der Waals surface area (Å²) in [5, 5.41) is 2.17. The first-order valence-electron chi connectivity index (χ1n) is 9.02. The summed E-state index contributed by atoms with van der Waals surface area (Å²) in [5.41, 5.74) is 0.930. The van der Waals surface area contributed by atoms with Crippen LogP contribution in [0.1, 0.15) is 19.4 Å². The number of nitrogens with one attached hydrogen (secondary N) is 1. The van der Waals surface area contributed by atoms with Gasteiger partial charge in [-0.3, -0.25) is 9.59 Å². The standard InChI is InChI=1S/C20H22BNO7/c1-11(2)17(23)29-16-12(3)28-19(25)15(22-20(21)26)10-27-18(24)14(16)9-13-7-5-4-6-8-13/h4-8,12,14-16H,1,9-10H2,2-3H3,(H,22,26)/t12-,14+,15?,16-/m0/s1. The average Bonchev–Trinajstić information content (AvgIpc) is 2.70. The highest BCUT2D eigenvalue weighted by atomic mass is 16.6. The molecule has 2 radical (unpaired) electrons. The molecule has 1 aromatic carbocycles. The van der Waals surface area contributed by atoms with Gasteiger partial charge < -0.3 is 19.5 Å². The largest absolute Gasteiger partial charge is 0.463 e. The number of ether oxygens (including phenoxy) is 3. The second-order valence-corrected chi connectivity index (χ2v) is 6.78. The topological polar surface area (TPSA) is 108 Å². The zero-order valence-corrected chi connectivity index (χ0v) is 16.3. The molecule has 152 valence electrons. The molecule has 1 fully saturated rings. The van der Waals surface area contributed by atoms with Crippen LogP contribution in [0.4, 0.5) is 4.79 Å². The van der Waals surface area contributed by atoms with Crippen molar-refractivity contribution < 1.29 is 33.4 Å². The maximum absolute atomic E-state index is 12.8. The Labute approximate surface area is 170 Å². The Hall–Kier alpha value is -3.10. The fourth-order valence-electron chi connectivity index (χ4n) is 2.88. The summed E-state index contributed by atoms with van der Waals surface area (Å²) < 4.78 is 16.0. The Morgan fingerprint density at radius 3 is 2.48 bits per heavy atom. The molecule has 1 aliphatic rings. The number of benzene rings is 1. The van der Waals surface area contributed by atoms with Gasteiger partial charge in [-0.1, -0.05) is 36.9 Å². The molecule has 0 aliphatic carbocycles. The van der Waals surface area contributed by atoms with E-state index in [1.54, 1.807) is 12.1 Å². The minimum atomic E-state index is -1.27. The van der Waals surface area contributed by atoms with Crippen molar-refractivity contribution in [2.45, 2.75) is 38.5 Å². The third-order valence-corrected chi connectivity index (χ3v) is 4.35. The number of esters is 3. The second kappa shape index (κ2) is 9.91. The van der Waals surface area contributed by atoms with Gasteiger partial charge >= 0.3 is 17.9 Å². The van der Waals surface area contributed by atoms with E-state index in [0.29, 0.717) is 0 Å². The van der Waals surface area contributed by atoms with Crippen LogP contribution >= 0.6 is 0 Å². The van der Waals surface area contributed by atoms with Crippen molar-refractivity contribution in [3.05, 3.63) is 48.0 Å². The van der Waals surface area contributed by atoms with Crippen LogP contribution < -0.4 is 5.32 Å². The SMILES string of the molecule is [B]C(=O)NC1COC(=O)[C@H](Cc2ccccc2)[C@@H](OC(=O)C(=C)C)[C@H](C)OC1=O. The Morgan fingerprint density at radius 1 is 1.24 bits per heavy atom. The van der Waals surface area contributed by atoms with Gasteiger partial charge in [-0.05, 0) is 25.8 Å². The van der Waals surface area contributed by atoms with Crippen LogP contribution in [0.2, 0.25) is 0 Å². The van der Waals surface area contributed by atoms with Gasteiger partial charge in [-0.15, -0.1) is 0 Å². The summed E-state index contributed by atoms with van der Waals surface area (Å²) in [5.74, 6) is -4.21. The van der Waals surface area contributed by atoms with Crippen molar-refractivity contribution in [2.75, 3.05) is 6.61 Å². The lowest BCUT2D eigenvalue weighted by Crippen LogP contribution is -2.46. The van der Waals surface area contributed by atoms with Crippen molar-refractivity contribution >= 4 is 31.6 Å². The highest BCUT2D eigenvalue weighted by Crippen LogP contribution is 2.24. The number of cyclic esters (lactones) is 2. The van der Waals surface area contributed by atoms with E-state index < -0.39 is 54.5 Å². The summed E-state index contributed by atoms with van der Waals surface area (Å²) in [6.07, 6.45) is -1.94. The molecule has 4 atom stereocenters. The molecular formula is C20H22BNO7. The Kier molecular flexibility index (Phi) is 7.58. The Morgan fingerprint density at radius 2 is 1.90 bits per heavy atom. The highest BCUT2D eigenvalue weighted by molar-refractivity contribution is 6.57. The zero-order chi connectivity index (χ0) is 21.6. The zero-order valence-electron chi connectivity index (χ0n) is 16.3. The molecule has 1 saturated heterocycles. The predicted molar refractivity (Wildman–Crippen MR) is 103 cm³/mol. The second-order valence-electron chi connectivity index (χ2n) is 6.78. The Balaban J connectivity index is 2.37. The molecule has 1 N–H and O–H groups in total. The van der Waals surface area contributed by atoms with E-state index in [1.807, 2.05) is 18.2 Å². The summed E-state index contributed by atoms with van der Waals surface area (Å²) >= 11 is 0. The van der Waals surface area contributed by atoms with Crippen LogP contribution in [0.15, 0.2) is 42.5 Å². The maximum Gasteiger partial charge on any atom is 0.333 e. The molecule has 1 aliphatic heterocycles. The third-order valence-electron chi connectivity index (χ3n) is 4.35. The monoisotopic (exact) mass is 399 g/mol. The molecule has 1 heterocycles. The van der Waals surface area contributed by atoms with E-state index in [2.05, 4.69) is 11.9 Å². The van der Waals surface area contributed by atoms with E-state index in [4.69, 9.17) is 22.1 Å². The Bertz CT molecular complexity index is 795. The fourth-order valence-corrected chi connectivity index (χ4v) is 2.88. The van der Waals surface area contributed by atoms with Gasteiger partial charge in [-0.25, -0.2) is 9.59 Å². The minimum Gasteiger partial charge on any atom is -0.463 e. The van der Waals surface area contributed by atoms with E-state index in [0.717, 1.165) is 5.56 Å². The predicted octanol–water partition coefficient (Wildman–Crippen LogP) is 1.07. The molecule has 8 nitrogen and oxygen atoms in total. The summed E-state index contributed by atoms with van der Waals surface area (Å²) in [7, 11) is 5.06. The van der Waals surface area contributed by atoms with E-state index in [-0.39, 0.29) is 12.0 Å². The molecular weight excluding hydrogens is 377 g/mol. The first-order valence-corrected chi connectivity index (χ1v) is 9.02. The molecule has 0 spiro atoms. The number of carbonyl (C=O) groups is 4. The number of hydrogen-bond donors (Lipinski definition) is 1. The highest BCUT2D eigenvalue weighted by Gasteiger charge is 2.41. The van der Waals surface area contributed by atoms with E-state index >= 15 is 0 Å². The quantitative estimate of drug-likeness (QED) is 0.342. The van der Waals surface area contributed by atoms with Crippen LogP contribution in [-0.2, 0) is 35.0 Å². The fraction of sp³-hybridized carbons (Fsp3) is 0.400. The van der Waals surface area contributed by atoms with Gasteiger partial charge in [0.1, 0.15) is 18.6 Å². The lowest BCUT2D eigenvalue weighted by atomic mass is 9.91. The normalized spacial score (nSPS) is 24.8. The van der Waals surface area contributed by atoms with Gasteiger partial charge in [0.2, 0.25) is 7.85 Å². The van der Waals surface area contributed by atoms with Crippen molar-refractivity contribution in [3.63, 3.8) is 0 Å². The first-order chi connectivity index (χ1) is 13.7. The molecule has 2 rings (SSSR count). The van der Waals surface area contributed by atoms with Crippen molar-refractivity contribution in [2.24, 2.45) is 5.92 Å². The number of rotatable bonds is 5. The van der Waals surface area contributed by atoms with Crippen LogP contribution in [0, 0.1) is 5.92 Å². The van der Waals surface area contributed by atoms with Crippen LogP contribution in [0.3, 0.4) is 0 Å². The van der Waals surface area contributed by atoms with Gasteiger partial charge in [0.25, 0.3) is 0 Å². The molecule has 1 unspecified atom stereocenters. The summed E-state index contributed by atoms with van der Waals surface area (Å²) in [6, 6.07) is 7.79. The molecule has 0 bridgehead atoms. The van der Waals surface area contributed by atoms with Crippen molar-refractivity contribution in [1.29, 1.82) is 0 Å². The minimum absolute atomic E-state index is 0.128.